The molecule has 0 aromatic rings. The van der Waals surface area contributed by atoms with Crippen LogP contribution in [0, 0.1) is 11.8 Å². The molecule has 1 aliphatic carbocycles. The van der Waals surface area contributed by atoms with Crippen LogP contribution in [-0.2, 0) is 14.3 Å². The van der Waals surface area contributed by atoms with Crippen molar-refractivity contribution in [3.63, 3.8) is 0 Å². The zero-order valence-corrected chi connectivity index (χ0v) is 13.3. The van der Waals surface area contributed by atoms with E-state index in [4.69, 9.17) is 4.74 Å². The average molecular weight is 298 g/mol. The second-order valence-electron chi connectivity index (χ2n) is 6.17. The Kier molecular flexibility index (Phi) is 4.36. The van der Waals surface area contributed by atoms with E-state index in [1.807, 2.05) is 20.8 Å². The molecule has 0 aromatic heterocycles. The highest BCUT2D eigenvalue weighted by Crippen LogP contribution is 2.59. The highest BCUT2D eigenvalue weighted by molar-refractivity contribution is 5.82. The van der Waals surface area contributed by atoms with Gasteiger partial charge in [-0.15, -0.1) is 0 Å². The van der Waals surface area contributed by atoms with Crippen molar-refractivity contribution in [3.8, 4) is 0 Å². The lowest BCUT2D eigenvalue weighted by molar-refractivity contribution is -0.135. The lowest BCUT2D eigenvalue weighted by atomic mass is 9.75. The molecule has 2 rings (SSSR count). The summed E-state index contributed by atoms with van der Waals surface area (Å²) in [6, 6.07) is 0. The van der Waals surface area contributed by atoms with E-state index < -0.39 is 29.2 Å². The number of ether oxygens (including phenoxy) is 2. The van der Waals surface area contributed by atoms with Gasteiger partial charge < -0.3 is 19.7 Å². The second-order valence-corrected chi connectivity index (χ2v) is 6.17. The van der Waals surface area contributed by atoms with Crippen molar-refractivity contribution in [1.29, 1.82) is 0 Å². The number of fused-ring (bicyclic) bond motifs is 1. The second kappa shape index (κ2) is 5.61. The van der Waals surface area contributed by atoms with Crippen LogP contribution in [0.2, 0.25) is 0 Å². The summed E-state index contributed by atoms with van der Waals surface area (Å²) in [6.07, 6.45) is 3.21. The maximum atomic E-state index is 11.5. The molecule has 0 spiro atoms. The lowest BCUT2D eigenvalue weighted by Gasteiger charge is -2.32. The molecule has 5 heteroatoms. The third kappa shape index (κ3) is 2.27. The van der Waals surface area contributed by atoms with Crippen LogP contribution in [0.1, 0.15) is 46.5 Å². The van der Waals surface area contributed by atoms with Crippen LogP contribution in [0.25, 0.3) is 0 Å². The van der Waals surface area contributed by atoms with Crippen LogP contribution in [0.3, 0.4) is 0 Å². The number of carbonyl (C=O) groups is 1. The fourth-order valence-electron chi connectivity index (χ4n) is 4.10. The normalized spacial score (nSPS) is 43.7. The van der Waals surface area contributed by atoms with Crippen LogP contribution < -0.4 is 0 Å². The third-order valence-corrected chi connectivity index (χ3v) is 5.37. The smallest absolute Gasteiger partial charge is 0.333 e. The number of aliphatic hydroxyl groups excluding tert-OH is 1. The monoisotopic (exact) mass is 298 g/mol. The maximum Gasteiger partial charge on any atom is 0.333 e. The number of methoxy groups -OCH3 is 1. The first-order chi connectivity index (χ1) is 9.88. The van der Waals surface area contributed by atoms with Crippen molar-refractivity contribution in [2.24, 2.45) is 11.8 Å². The molecule has 0 aromatic carbocycles. The molecule has 0 bridgehead atoms. The SMILES string of the molecule is CC[C@@H]1C[C@@]2(CC)OC(=CC(=O)OC)[C@](O)(CC)[C@H]2[C@H]1O. The van der Waals surface area contributed by atoms with E-state index in [1.165, 1.54) is 13.2 Å². The Bertz CT molecular complexity index is 446. The quantitative estimate of drug-likeness (QED) is 0.611. The molecule has 120 valence electrons. The molecule has 5 nitrogen and oxygen atoms in total. The summed E-state index contributed by atoms with van der Waals surface area (Å²) in [5.74, 6) is -0.601. The lowest BCUT2D eigenvalue weighted by Crippen LogP contribution is -2.46. The molecular formula is C16H26O5. The molecule has 2 aliphatic rings. The predicted octanol–water partition coefficient (Wildman–Crippen LogP) is 1.77. The van der Waals surface area contributed by atoms with Gasteiger partial charge in [-0.1, -0.05) is 27.2 Å². The van der Waals surface area contributed by atoms with E-state index in [0.29, 0.717) is 19.3 Å². The molecule has 0 radical (unpaired) electrons. The molecule has 0 unspecified atom stereocenters. The minimum atomic E-state index is -1.31. The van der Waals surface area contributed by atoms with Gasteiger partial charge in [0.1, 0.15) is 17.0 Å². The van der Waals surface area contributed by atoms with E-state index in [0.717, 1.165) is 6.42 Å². The summed E-state index contributed by atoms with van der Waals surface area (Å²) in [4.78, 5) is 11.5. The summed E-state index contributed by atoms with van der Waals surface area (Å²) in [5.41, 5.74) is -1.90. The predicted molar refractivity (Wildman–Crippen MR) is 77.3 cm³/mol. The van der Waals surface area contributed by atoms with E-state index >= 15 is 0 Å². The fourth-order valence-corrected chi connectivity index (χ4v) is 4.10. The topological polar surface area (TPSA) is 76.0 Å². The van der Waals surface area contributed by atoms with Gasteiger partial charge in [0, 0.05) is 0 Å². The zero-order valence-electron chi connectivity index (χ0n) is 13.3. The molecule has 21 heavy (non-hydrogen) atoms. The van der Waals surface area contributed by atoms with Gasteiger partial charge in [-0.25, -0.2) is 4.79 Å². The van der Waals surface area contributed by atoms with Crippen molar-refractivity contribution in [2.75, 3.05) is 7.11 Å². The Morgan fingerprint density at radius 2 is 2.10 bits per heavy atom. The first-order valence-electron chi connectivity index (χ1n) is 7.78. The van der Waals surface area contributed by atoms with E-state index in [9.17, 15) is 15.0 Å². The van der Waals surface area contributed by atoms with Gasteiger partial charge in [-0.3, -0.25) is 0 Å². The van der Waals surface area contributed by atoms with E-state index in [-0.39, 0.29) is 11.7 Å². The van der Waals surface area contributed by atoms with Gasteiger partial charge in [0.15, 0.2) is 0 Å². The molecule has 2 N–H and O–H groups in total. The molecule has 1 heterocycles. The molecule has 1 saturated heterocycles. The van der Waals surface area contributed by atoms with Gasteiger partial charge in [-0.05, 0) is 25.2 Å². The van der Waals surface area contributed by atoms with E-state index in [1.54, 1.807) is 0 Å². The van der Waals surface area contributed by atoms with Crippen molar-refractivity contribution in [2.45, 2.75) is 63.8 Å². The van der Waals surface area contributed by atoms with Crippen LogP contribution >= 0.6 is 0 Å². The Labute approximate surface area is 125 Å². The first kappa shape index (κ1) is 16.3. The molecule has 2 fully saturated rings. The number of esters is 1. The highest BCUT2D eigenvalue weighted by Gasteiger charge is 2.67. The van der Waals surface area contributed by atoms with Crippen molar-refractivity contribution in [3.05, 3.63) is 11.8 Å². The first-order valence-corrected chi connectivity index (χ1v) is 7.78. The molecule has 5 atom stereocenters. The number of hydrogen-bond donors (Lipinski definition) is 2. The van der Waals surface area contributed by atoms with Crippen molar-refractivity contribution >= 4 is 5.97 Å². The standard InChI is InChI=1S/C16H26O5/c1-5-10-9-15(6-2)14(13(10)18)16(19,7-3)11(21-15)8-12(17)20-4/h8,10,13-14,18-19H,5-7,9H2,1-4H3/t10-,13+,14+,15-,16-/m1/s1. The van der Waals surface area contributed by atoms with Crippen molar-refractivity contribution in [1.82, 2.24) is 0 Å². The van der Waals surface area contributed by atoms with Gasteiger partial charge in [0.05, 0.1) is 25.2 Å². The van der Waals surface area contributed by atoms with Gasteiger partial charge >= 0.3 is 5.97 Å². The Morgan fingerprint density at radius 3 is 2.57 bits per heavy atom. The minimum absolute atomic E-state index is 0.118. The van der Waals surface area contributed by atoms with Crippen LogP contribution in [0.4, 0.5) is 0 Å². The number of carbonyl (C=O) groups excluding carboxylic acids is 1. The Hall–Kier alpha value is -1.07. The summed E-state index contributed by atoms with van der Waals surface area (Å²) < 4.78 is 10.7. The molecule has 0 amide bonds. The molecular weight excluding hydrogens is 272 g/mol. The Morgan fingerprint density at radius 1 is 1.43 bits per heavy atom. The van der Waals surface area contributed by atoms with Crippen molar-refractivity contribution < 1.29 is 24.5 Å². The summed E-state index contributed by atoms with van der Waals surface area (Å²) in [5, 5.41) is 21.7. The highest BCUT2D eigenvalue weighted by atomic mass is 16.5. The van der Waals surface area contributed by atoms with Gasteiger partial charge in [0.2, 0.25) is 0 Å². The number of rotatable bonds is 4. The minimum Gasteiger partial charge on any atom is -0.488 e. The largest absolute Gasteiger partial charge is 0.488 e. The molecule has 1 aliphatic heterocycles. The third-order valence-electron chi connectivity index (χ3n) is 5.37. The number of hydrogen-bond acceptors (Lipinski definition) is 5. The summed E-state index contributed by atoms with van der Waals surface area (Å²) >= 11 is 0. The summed E-state index contributed by atoms with van der Waals surface area (Å²) in [6.45, 7) is 5.87. The Balaban J connectivity index is 2.46. The zero-order chi connectivity index (χ0) is 15.8. The fraction of sp³-hybridized carbons (Fsp3) is 0.812. The van der Waals surface area contributed by atoms with Crippen LogP contribution in [0.5, 0.6) is 0 Å². The van der Waals surface area contributed by atoms with E-state index in [2.05, 4.69) is 4.74 Å². The van der Waals surface area contributed by atoms with Gasteiger partial charge in [0.25, 0.3) is 0 Å². The maximum absolute atomic E-state index is 11.5. The van der Waals surface area contributed by atoms with Crippen LogP contribution in [0.15, 0.2) is 11.8 Å². The van der Waals surface area contributed by atoms with Gasteiger partial charge in [-0.2, -0.15) is 0 Å². The average Bonchev–Trinajstić information content (AvgIpc) is 2.91. The van der Waals surface area contributed by atoms with Crippen LogP contribution in [-0.4, -0.2) is 40.6 Å². The summed E-state index contributed by atoms with van der Waals surface area (Å²) in [7, 11) is 1.29. The molecule has 1 saturated carbocycles. The number of aliphatic hydroxyl groups is 2.